The SMILES string of the molecule is CC[C@H]1CC[C@@H]2CC3=CCc4cccc(c43)[C@H]2C1.CC[C@H]1CN[C@@H]2Cc3c[nH]c4cccc(c34)[C@H]2C1. The number of hydrogen-bond donors (Lipinski definition) is 2. The van der Waals surface area contributed by atoms with E-state index in [2.05, 4.69) is 72.8 Å². The molecular weight excluding hydrogens is 436 g/mol. The van der Waals surface area contributed by atoms with Gasteiger partial charge < -0.3 is 10.3 Å². The third-order valence-electron chi connectivity index (χ3n) is 10.6. The van der Waals surface area contributed by atoms with Crippen LogP contribution in [-0.2, 0) is 12.8 Å². The zero-order chi connectivity index (χ0) is 24.2. The second-order valence-electron chi connectivity index (χ2n) is 12.4. The highest BCUT2D eigenvalue weighted by atomic mass is 14.9. The molecule has 1 aliphatic heterocycles. The lowest BCUT2D eigenvalue weighted by atomic mass is 9.64. The van der Waals surface area contributed by atoms with E-state index in [-0.39, 0.29) is 0 Å². The molecule has 0 spiro atoms. The fourth-order valence-corrected chi connectivity index (χ4v) is 8.54. The minimum Gasteiger partial charge on any atom is -0.361 e. The Morgan fingerprint density at radius 2 is 1.67 bits per heavy atom. The van der Waals surface area contributed by atoms with Gasteiger partial charge in [0, 0.05) is 29.1 Å². The topological polar surface area (TPSA) is 27.8 Å². The van der Waals surface area contributed by atoms with Gasteiger partial charge in [-0.3, -0.25) is 0 Å². The smallest absolute Gasteiger partial charge is 0.0459 e. The third kappa shape index (κ3) is 3.71. The van der Waals surface area contributed by atoms with Crippen LogP contribution in [0.15, 0.2) is 48.7 Å². The quantitative estimate of drug-likeness (QED) is 0.382. The number of hydrogen-bond acceptors (Lipinski definition) is 1. The lowest BCUT2D eigenvalue weighted by Crippen LogP contribution is -2.46. The van der Waals surface area contributed by atoms with Gasteiger partial charge in [0.2, 0.25) is 0 Å². The highest BCUT2D eigenvalue weighted by Gasteiger charge is 2.38. The zero-order valence-electron chi connectivity index (χ0n) is 22.2. The van der Waals surface area contributed by atoms with Crippen molar-refractivity contribution in [1.29, 1.82) is 0 Å². The maximum atomic E-state index is 3.78. The summed E-state index contributed by atoms with van der Waals surface area (Å²) in [6.07, 6.45) is 16.9. The number of benzene rings is 2. The van der Waals surface area contributed by atoms with Crippen LogP contribution in [0.25, 0.3) is 16.5 Å². The van der Waals surface area contributed by atoms with Gasteiger partial charge in [-0.15, -0.1) is 0 Å². The number of nitrogens with one attached hydrogen (secondary N) is 2. The number of aromatic nitrogens is 1. The first-order chi connectivity index (χ1) is 17.7. The summed E-state index contributed by atoms with van der Waals surface area (Å²) in [6, 6.07) is 14.5. The highest BCUT2D eigenvalue weighted by molar-refractivity contribution is 5.88. The van der Waals surface area contributed by atoms with E-state index in [0.717, 1.165) is 29.6 Å². The molecule has 0 radical (unpaired) electrons. The van der Waals surface area contributed by atoms with E-state index in [1.165, 1.54) is 80.8 Å². The van der Waals surface area contributed by atoms with Crippen molar-refractivity contribution in [1.82, 2.24) is 10.3 Å². The molecule has 2 nitrogen and oxygen atoms in total. The van der Waals surface area contributed by atoms with Crippen molar-refractivity contribution in [2.24, 2.45) is 17.8 Å². The van der Waals surface area contributed by atoms with Gasteiger partial charge in [-0.05, 0) is 108 Å². The van der Waals surface area contributed by atoms with E-state index in [1.807, 2.05) is 0 Å². The summed E-state index contributed by atoms with van der Waals surface area (Å²) >= 11 is 0. The molecule has 1 saturated carbocycles. The Morgan fingerprint density at radius 1 is 0.833 bits per heavy atom. The van der Waals surface area contributed by atoms with Crippen LogP contribution in [0.3, 0.4) is 0 Å². The number of fused-ring (bicyclic) bond motifs is 4. The molecule has 1 aromatic heterocycles. The molecule has 5 aliphatic rings. The zero-order valence-corrected chi connectivity index (χ0v) is 22.2. The highest BCUT2D eigenvalue weighted by Crippen LogP contribution is 2.53. The first-order valence-electron chi connectivity index (χ1n) is 14.9. The molecule has 4 aliphatic carbocycles. The average Bonchev–Trinajstić information content (AvgIpc) is 3.55. The first-order valence-corrected chi connectivity index (χ1v) is 14.9. The molecule has 2 N–H and O–H groups in total. The largest absolute Gasteiger partial charge is 0.361 e. The lowest BCUT2D eigenvalue weighted by molar-refractivity contribution is 0.229. The maximum absolute atomic E-state index is 3.78. The van der Waals surface area contributed by atoms with E-state index in [0.29, 0.717) is 6.04 Å². The summed E-state index contributed by atoms with van der Waals surface area (Å²) in [7, 11) is 0. The molecule has 1 saturated heterocycles. The Bertz CT molecular complexity index is 1300. The number of piperidine rings is 1. The summed E-state index contributed by atoms with van der Waals surface area (Å²) < 4.78 is 0. The van der Waals surface area contributed by atoms with Gasteiger partial charge in [-0.1, -0.05) is 69.5 Å². The van der Waals surface area contributed by atoms with Crippen LogP contribution in [0.4, 0.5) is 0 Å². The van der Waals surface area contributed by atoms with Crippen molar-refractivity contribution in [3.8, 4) is 0 Å². The Morgan fingerprint density at radius 3 is 2.56 bits per heavy atom. The van der Waals surface area contributed by atoms with Crippen molar-refractivity contribution in [3.63, 3.8) is 0 Å². The summed E-state index contributed by atoms with van der Waals surface area (Å²) in [6.45, 7) is 5.89. The summed E-state index contributed by atoms with van der Waals surface area (Å²) in [5.74, 6) is 4.36. The summed E-state index contributed by atoms with van der Waals surface area (Å²) in [4.78, 5) is 3.43. The Hall–Kier alpha value is -2.32. The molecule has 2 heterocycles. The average molecular weight is 479 g/mol. The van der Waals surface area contributed by atoms with Crippen molar-refractivity contribution in [2.75, 3.05) is 6.54 Å². The predicted molar refractivity (Wildman–Crippen MR) is 152 cm³/mol. The van der Waals surface area contributed by atoms with Crippen LogP contribution in [0.1, 0.15) is 98.4 Å². The fourth-order valence-electron chi connectivity index (χ4n) is 8.54. The Kier molecular flexibility index (Phi) is 5.84. The summed E-state index contributed by atoms with van der Waals surface area (Å²) in [5.41, 5.74) is 11.0. The molecule has 0 amide bonds. The lowest BCUT2D eigenvalue weighted by Gasteiger charge is -2.41. The van der Waals surface area contributed by atoms with Gasteiger partial charge in [-0.2, -0.15) is 0 Å². The Balaban J connectivity index is 0.000000122. The van der Waals surface area contributed by atoms with Gasteiger partial charge in [-0.25, -0.2) is 0 Å². The van der Waals surface area contributed by atoms with Gasteiger partial charge >= 0.3 is 0 Å². The number of aromatic amines is 1. The summed E-state index contributed by atoms with van der Waals surface area (Å²) in [5, 5.41) is 5.29. The van der Waals surface area contributed by atoms with Crippen molar-refractivity contribution in [2.45, 2.75) is 89.5 Å². The van der Waals surface area contributed by atoms with Crippen LogP contribution < -0.4 is 5.32 Å². The van der Waals surface area contributed by atoms with Crippen molar-refractivity contribution in [3.05, 3.63) is 76.5 Å². The number of H-pyrrole nitrogens is 1. The monoisotopic (exact) mass is 478 g/mol. The third-order valence-corrected chi connectivity index (χ3v) is 10.6. The second kappa shape index (κ2) is 9.21. The van der Waals surface area contributed by atoms with Crippen LogP contribution in [0.5, 0.6) is 0 Å². The molecule has 188 valence electrons. The molecule has 3 aromatic rings. The molecule has 2 heteroatoms. The Labute approximate surface area is 217 Å². The van der Waals surface area contributed by atoms with E-state index in [1.54, 1.807) is 27.8 Å². The molecule has 2 aromatic carbocycles. The molecule has 2 fully saturated rings. The van der Waals surface area contributed by atoms with E-state index >= 15 is 0 Å². The van der Waals surface area contributed by atoms with Crippen LogP contribution >= 0.6 is 0 Å². The fraction of sp³-hybridized carbons (Fsp3) is 0.529. The van der Waals surface area contributed by atoms with Crippen LogP contribution in [-0.4, -0.2) is 17.6 Å². The molecule has 6 atom stereocenters. The first kappa shape index (κ1) is 22.8. The number of allylic oxidation sites excluding steroid dienone is 2. The molecular formula is C34H42N2. The second-order valence-corrected chi connectivity index (χ2v) is 12.4. The number of rotatable bonds is 2. The van der Waals surface area contributed by atoms with Gasteiger partial charge in [0.15, 0.2) is 0 Å². The van der Waals surface area contributed by atoms with Crippen molar-refractivity contribution < 1.29 is 0 Å². The predicted octanol–water partition coefficient (Wildman–Crippen LogP) is 8.14. The maximum Gasteiger partial charge on any atom is 0.0459 e. The van der Waals surface area contributed by atoms with Gasteiger partial charge in [0.25, 0.3) is 0 Å². The van der Waals surface area contributed by atoms with Crippen molar-refractivity contribution >= 4 is 16.5 Å². The van der Waals surface area contributed by atoms with E-state index < -0.39 is 0 Å². The van der Waals surface area contributed by atoms with Gasteiger partial charge in [0.05, 0.1) is 0 Å². The minimum atomic E-state index is 0.654. The normalized spacial score (nSPS) is 31.6. The van der Waals surface area contributed by atoms with Crippen LogP contribution in [0.2, 0.25) is 0 Å². The molecule has 8 rings (SSSR count). The van der Waals surface area contributed by atoms with Gasteiger partial charge in [0.1, 0.15) is 0 Å². The molecule has 36 heavy (non-hydrogen) atoms. The molecule has 0 unspecified atom stereocenters. The minimum absolute atomic E-state index is 0.654. The van der Waals surface area contributed by atoms with E-state index in [4.69, 9.17) is 0 Å². The molecule has 0 bridgehead atoms. The standard InChI is InChI=1S/C18H22.C16H20N2/c1-2-12-6-7-14-11-15-9-8-13-4-3-5-16(18(13)15)17(14)10-12;1-2-10-6-13-12-4-3-5-14-16(12)11(9-18-14)7-15(13)17-8-10/h3-5,9,12,14,17H,2,6-8,10-11H2,1H3;3-5,9-10,13,15,17-18H,2,6-8H2,1H3/t12-,14+,17-;10-,13-,15-/m01/s1. The van der Waals surface area contributed by atoms with E-state index in [9.17, 15) is 0 Å². The van der Waals surface area contributed by atoms with Crippen LogP contribution in [0, 0.1) is 17.8 Å².